The highest BCUT2D eigenvalue weighted by Gasteiger charge is 2.55. The van der Waals surface area contributed by atoms with Gasteiger partial charge in [-0.2, -0.15) is 0 Å². The highest BCUT2D eigenvalue weighted by Crippen LogP contribution is 2.38. The maximum atomic E-state index is 12.9. The zero-order valence-electron chi connectivity index (χ0n) is 13.1. The fourth-order valence-electron chi connectivity index (χ4n) is 3.50. The molecule has 120 valence electrons. The monoisotopic (exact) mass is 306 g/mol. The van der Waals surface area contributed by atoms with Crippen molar-refractivity contribution in [2.24, 2.45) is 5.92 Å². The lowest BCUT2D eigenvalue weighted by molar-refractivity contribution is -0.134. The fourth-order valence-corrected chi connectivity index (χ4v) is 3.50. The Balaban J connectivity index is 1.81. The first-order valence-corrected chi connectivity index (χ1v) is 7.97. The number of nitrogens with one attached hydrogen (secondary N) is 1. The summed E-state index contributed by atoms with van der Waals surface area (Å²) < 4.78 is 1.65. The molecule has 2 atom stereocenters. The van der Waals surface area contributed by atoms with Gasteiger partial charge in [0.15, 0.2) is 5.82 Å². The van der Waals surface area contributed by atoms with Gasteiger partial charge < -0.3 is 5.32 Å². The van der Waals surface area contributed by atoms with Gasteiger partial charge in [-0.1, -0.05) is 26.7 Å². The van der Waals surface area contributed by atoms with Crippen LogP contribution in [0.2, 0.25) is 0 Å². The molecule has 2 heterocycles. The molecule has 3 amide bonds. The number of hydrogen-bond donors (Lipinski definition) is 1. The van der Waals surface area contributed by atoms with Crippen LogP contribution in [0.5, 0.6) is 0 Å². The van der Waals surface area contributed by atoms with Crippen LogP contribution >= 0.6 is 0 Å². The number of aryl methyl sites for hydroxylation is 1. The molecule has 1 aromatic rings. The Kier molecular flexibility index (Phi) is 3.84. The summed E-state index contributed by atoms with van der Waals surface area (Å²) in [7, 11) is 0. The van der Waals surface area contributed by atoms with Gasteiger partial charge in [-0.25, -0.2) is 9.48 Å². The maximum absolute atomic E-state index is 12.9. The summed E-state index contributed by atoms with van der Waals surface area (Å²) >= 11 is 0. The Labute approximate surface area is 129 Å². The number of amides is 3. The third-order valence-corrected chi connectivity index (χ3v) is 4.84. The molecule has 2 aliphatic rings. The van der Waals surface area contributed by atoms with E-state index in [9.17, 15) is 9.59 Å². The van der Waals surface area contributed by atoms with Crippen LogP contribution in [0.15, 0.2) is 0 Å². The van der Waals surface area contributed by atoms with Gasteiger partial charge in [-0.3, -0.25) is 9.69 Å². The van der Waals surface area contributed by atoms with Crippen LogP contribution in [-0.4, -0.2) is 42.6 Å². The van der Waals surface area contributed by atoms with Crippen molar-refractivity contribution in [3.63, 3.8) is 0 Å². The summed E-state index contributed by atoms with van der Waals surface area (Å²) in [5.74, 6) is 0.580. The summed E-state index contributed by atoms with van der Waals surface area (Å²) in [6.45, 7) is 4.87. The van der Waals surface area contributed by atoms with Gasteiger partial charge in [0.05, 0.1) is 6.54 Å². The molecule has 3 rings (SSSR count). The topological polar surface area (TPSA) is 93.0 Å². The minimum atomic E-state index is -0.724. The van der Waals surface area contributed by atoms with Gasteiger partial charge in [0, 0.05) is 6.54 Å². The Morgan fingerprint density at radius 3 is 2.91 bits per heavy atom. The zero-order chi connectivity index (χ0) is 15.7. The molecule has 0 unspecified atom stereocenters. The number of rotatable bonds is 4. The van der Waals surface area contributed by atoms with Crippen LogP contribution in [-0.2, 0) is 17.9 Å². The van der Waals surface area contributed by atoms with E-state index in [4.69, 9.17) is 0 Å². The van der Waals surface area contributed by atoms with Gasteiger partial charge in [0.1, 0.15) is 5.54 Å². The molecule has 2 fully saturated rings. The van der Waals surface area contributed by atoms with Crippen molar-refractivity contribution in [1.29, 1.82) is 0 Å². The van der Waals surface area contributed by atoms with Crippen molar-refractivity contribution >= 4 is 11.9 Å². The summed E-state index contributed by atoms with van der Waals surface area (Å²) in [5.41, 5.74) is -0.724. The van der Waals surface area contributed by atoms with E-state index in [0.29, 0.717) is 12.4 Å². The lowest BCUT2D eigenvalue weighted by Gasteiger charge is -2.36. The first kappa shape index (κ1) is 14.9. The molecule has 0 radical (unpaired) electrons. The van der Waals surface area contributed by atoms with Gasteiger partial charge in [0.2, 0.25) is 0 Å². The van der Waals surface area contributed by atoms with Gasteiger partial charge in [-0.15, -0.1) is 5.10 Å². The minimum absolute atomic E-state index is 0.129. The van der Waals surface area contributed by atoms with Crippen molar-refractivity contribution in [3.05, 3.63) is 5.82 Å². The predicted octanol–water partition coefficient (Wildman–Crippen LogP) is 1.08. The molecule has 22 heavy (non-hydrogen) atoms. The molecule has 8 heteroatoms. The summed E-state index contributed by atoms with van der Waals surface area (Å²) in [4.78, 5) is 26.4. The highest BCUT2D eigenvalue weighted by molar-refractivity contribution is 6.07. The second-order valence-electron chi connectivity index (χ2n) is 6.26. The number of carbonyl (C=O) groups is 2. The summed E-state index contributed by atoms with van der Waals surface area (Å²) in [6.07, 6.45) is 4.65. The average Bonchev–Trinajstić information content (AvgIpc) is 3.02. The number of imide groups is 1. The second-order valence-corrected chi connectivity index (χ2v) is 6.26. The highest BCUT2D eigenvalue weighted by atomic mass is 16.2. The van der Waals surface area contributed by atoms with Crippen molar-refractivity contribution in [1.82, 2.24) is 30.4 Å². The number of tetrazole rings is 1. The second kappa shape index (κ2) is 5.66. The summed E-state index contributed by atoms with van der Waals surface area (Å²) in [5, 5.41) is 14.4. The van der Waals surface area contributed by atoms with Crippen molar-refractivity contribution in [2.45, 2.75) is 64.6 Å². The smallest absolute Gasteiger partial charge is 0.323 e. The Hall–Kier alpha value is -1.99. The first-order valence-electron chi connectivity index (χ1n) is 7.97. The molecule has 8 nitrogen and oxygen atoms in total. The summed E-state index contributed by atoms with van der Waals surface area (Å²) in [6, 6.07) is -0.329. The lowest BCUT2D eigenvalue weighted by atomic mass is 9.73. The van der Waals surface area contributed by atoms with E-state index in [-0.39, 0.29) is 24.4 Å². The van der Waals surface area contributed by atoms with Crippen LogP contribution in [0.25, 0.3) is 0 Å². The molecule has 1 aliphatic carbocycles. The predicted molar refractivity (Wildman–Crippen MR) is 77.6 cm³/mol. The van der Waals surface area contributed by atoms with E-state index in [0.717, 1.165) is 32.1 Å². The average molecular weight is 306 g/mol. The van der Waals surface area contributed by atoms with Crippen molar-refractivity contribution < 1.29 is 9.59 Å². The van der Waals surface area contributed by atoms with Gasteiger partial charge in [-0.05, 0) is 35.6 Å². The fraction of sp³-hybridized carbons (Fsp3) is 0.786. The van der Waals surface area contributed by atoms with Crippen molar-refractivity contribution in [2.75, 3.05) is 0 Å². The number of aromatic nitrogens is 4. The zero-order valence-corrected chi connectivity index (χ0v) is 13.1. The molecule has 0 aromatic carbocycles. The van der Waals surface area contributed by atoms with E-state index in [2.05, 4.69) is 20.8 Å². The number of carbonyl (C=O) groups excluding carboxylic acids is 2. The number of nitrogens with zero attached hydrogens (tertiary/aromatic N) is 5. The van der Waals surface area contributed by atoms with Crippen LogP contribution < -0.4 is 5.32 Å². The molecule has 0 bridgehead atoms. The van der Waals surface area contributed by atoms with Crippen LogP contribution in [0.3, 0.4) is 0 Å². The molecule has 1 aromatic heterocycles. The Bertz CT molecular complexity index is 586. The van der Waals surface area contributed by atoms with E-state index in [1.165, 1.54) is 4.90 Å². The largest absolute Gasteiger partial charge is 0.325 e. The van der Waals surface area contributed by atoms with Gasteiger partial charge >= 0.3 is 6.03 Å². The number of urea groups is 1. The maximum Gasteiger partial charge on any atom is 0.325 e. The third-order valence-electron chi connectivity index (χ3n) is 4.84. The van der Waals surface area contributed by atoms with E-state index >= 15 is 0 Å². The van der Waals surface area contributed by atoms with Gasteiger partial charge in [0.25, 0.3) is 5.91 Å². The third kappa shape index (κ3) is 2.26. The molecule has 1 aliphatic heterocycles. The lowest BCUT2D eigenvalue weighted by Crippen LogP contribution is -2.53. The molecule has 1 saturated heterocycles. The van der Waals surface area contributed by atoms with Crippen LogP contribution in [0.4, 0.5) is 4.79 Å². The van der Waals surface area contributed by atoms with Crippen LogP contribution in [0, 0.1) is 5.92 Å². The standard InChI is InChI=1S/C14H22N6O2/c1-3-8-20-11(16-17-18-20)9-19-12(21)14(15-13(19)22)7-5-4-6-10(14)2/h10H,3-9H2,1-2H3,(H,15,22)/t10-,14-/m0/s1. The van der Waals surface area contributed by atoms with E-state index < -0.39 is 5.54 Å². The number of hydrogen-bond acceptors (Lipinski definition) is 5. The van der Waals surface area contributed by atoms with E-state index in [1.54, 1.807) is 4.68 Å². The van der Waals surface area contributed by atoms with Crippen molar-refractivity contribution in [3.8, 4) is 0 Å². The Morgan fingerprint density at radius 1 is 1.36 bits per heavy atom. The normalized spacial score (nSPS) is 28.5. The Morgan fingerprint density at radius 2 is 2.18 bits per heavy atom. The van der Waals surface area contributed by atoms with E-state index in [1.807, 2.05) is 13.8 Å². The molecule has 1 spiro atoms. The van der Waals surface area contributed by atoms with Crippen LogP contribution in [0.1, 0.15) is 51.8 Å². The molecular weight excluding hydrogens is 284 g/mol. The molecular formula is C14H22N6O2. The first-order chi connectivity index (χ1) is 10.6. The molecule has 1 N–H and O–H groups in total. The quantitative estimate of drug-likeness (QED) is 0.840. The molecule has 1 saturated carbocycles. The SMILES string of the molecule is CCCn1nnnc1CN1C(=O)N[C@]2(CCCC[C@@H]2C)C1=O. The minimum Gasteiger partial charge on any atom is -0.323 e.